The molecule has 0 aliphatic rings. The van der Waals surface area contributed by atoms with Crippen LogP contribution in [0.25, 0.3) is 10.8 Å². The van der Waals surface area contributed by atoms with Gasteiger partial charge >= 0.3 is 5.97 Å². The van der Waals surface area contributed by atoms with Crippen LogP contribution in [0.3, 0.4) is 0 Å². The highest BCUT2D eigenvalue weighted by Crippen LogP contribution is 2.18. The third-order valence-corrected chi connectivity index (χ3v) is 4.67. The zero-order valence-electron chi connectivity index (χ0n) is 16.5. The first-order valence-electron chi connectivity index (χ1n) is 9.48. The van der Waals surface area contributed by atoms with Crippen molar-refractivity contribution in [1.29, 1.82) is 0 Å². The molecular formula is C24H23NO4. The highest BCUT2D eigenvalue weighted by molar-refractivity contribution is 6.00. The molecule has 0 saturated heterocycles. The average molecular weight is 389 g/mol. The van der Waals surface area contributed by atoms with Gasteiger partial charge in [0.05, 0.1) is 6.42 Å². The van der Waals surface area contributed by atoms with Crippen molar-refractivity contribution in [2.45, 2.75) is 26.4 Å². The Morgan fingerprint density at radius 3 is 2.38 bits per heavy atom. The van der Waals surface area contributed by atoms with Crippen LogP contribution < -0.4 is 5.32 Å². The minimum absolute atomic E-state index is 0.159. The van der Waals surface area contributed by atoms with Gasteiger partial charge in [0.2, 0.25) is 11.7 Å². The van der Waals surface area contributed by atoms with Crippen LogP contribution in [-0.2, 0) is 20.7 Å². The smallest absolute Gasteiger partial charge is 0.326 e. The zero-order chi connectivity index (χ0) is 20.8. The van der Waals surface area contributed by atoms with Gasteiger partial charge in [0, 0.05) is 5.56 Å². The second-order valence-corrected chi connectivity index (χ2v) is 6.95. The quantitative estimate of drug-likeness (QED) is 0.495. The van der Waals surface area contributed by atoms with Crippen molar-refractivity contribution < 1.29 is 19.1 Å². The molecule has 0 aromatic heterocycles. The van der Waals surface area contributed by atoms with Crippen molar-refractivity contribution in [3.8, 4) is 0 Å². The molecule has 0 fully saturated rings. The first kappa shape index (κ1) is 20.3. The monoisotopic (exact) mass is 389 g/mol. The number of benzene rings is 3. The van der Waals surface area contributed by atoms with Gasteiger partial charge in [0.1, 0.15) is 6.54 Å². The summed E-state index contributed by atoms with van der Waals surface area (Å²) in [5.74, 6) is -1.21. The molecule has 29 heavy (non-hydrogen) atoms. The Morgan fingerprint density at radius 2 is 1.62 bits per heavy atom. The molecule has 0 unspecified atom stereocenters. The van der Waals surface area contributed by atoms with Crippen LogP contribution in [-0.4, -0.2) is 30.3 Å². The molecule has 0 aliphatic heterocycles. The van der Waals surface area contributed by atoms with Crippen molar-refractivity contribution in [2.24, 2.45) is 0 Å². The normalized spacial score (nSPS) is 11.7. The molecule has 3 aromatic rings. The standard InChI is InChI=1S/C24H23NO4/c1-16-10-12-19(13-11-16)24(28)17(2)29-23(27)15-25-22(26)14-20-8-5-7-18-6-3-4-9-21(18)20/h3-13,17H,14-15H2,1-2H3,(H,25,26)/t17-/m1/s1. The molecule has 1 amide bonds. The van der Waals surface area contributed by atoms with E-state index in [9.17, 15) is 14.4 Å². The number of carbonyl (C=O) groups excluding carboxylic acids is 3. The molecule has 5 heteroatoms. The molecular weight excluding hydrogens is 366 g/mol. The lowest BCUT2D eigenvalue weighted by Crippen LogP contribution is -2.34. The number of esters is 1. The molecule has 1 N–H and O–H groups in total. The molecule has 0 aliphatic carbocycles. The Balaban J connectivity index is 1.51. The van der Waals surface area contributed by atoms with Crippen LogP contribution in [0.5, 0.6) is 0 Å². The first-order chi connectivity index (χ1) is 13.9. The second kappa shape index (κ2) is 9.15. The minimum Gasteiger partial charge on any atom is -0.453 e. The van der Waals surface area contributed by atoms with Crippen LogP contribution >= 0.6 is 0 Å². The van der Waals surface area contributed by atoms with Gasteiger partial charge in [-0.2, -0.15) is 0 Å². The van der Waals surface area contributed by atoms with Crippen molar-refractivity contribution in [2.75, 3.05) is 6.54 Å². The molecule has 1 atom stereocenters. The molecule has 0 bridgehead atoms. The van der Waals surface area contributed by atoms with E-state index in [2.05, 4.69) is 5.32 Å². The maximum atomic E-state index is 12.3. The summed E-state index contributed by atoms with van der Waals surface area (Å²) in [5.41, 5.74) is 2.41. The number of amides is 1. The number of nitrogens with one attached hydrogen (secondary N) is 1. The van der Waals surface area contributed by atoms with Gasteiger partial charge in [0.25, 0.3) is 0 Å². The van der Waals surface area contributed by atoms with E-state index >= 15 is 0 Å². The number of hydrogen-bond acceptors (Lipinski definition) is 4. The Labute approximate surface area is 169 Å². The fourth-order valence-corrected chi connectivity index (χ4v) is 3.10. The SMILES string of the molecule is Cc1ccc(C(=O)[C@@H](C)OC(=O)CNC(=O)Cc2cccc3ccccc23)cc1. The lowest BCUT2D eigenvalue weighted by atomic mass is 10.0. The lowest BCUT2D eigenvalue weighted by Gasteiger charge is -2.13. The summed E-state index contributed by atoms with van der Waals surface area (Å²) in [7, 11) is 0. The van der Waals surface area contributed by atoms with Crippen LogP contribution in [0.4, 0.5) is 0 Å². The fraction of sp³-hybridized carbons (Fsp3) is 0.208. The molecule has 0 heterocycles. The molecule has 0 saturated carbocycles. The van der Waals surface area contributed by atoms with Crippen LogP contribution in [0.2, 0.25) is 0 Å². The van der Waals surface area contributed by atoms with E-state index in [0.29, 0.717) is 5.56 Å². The van der Waals surface area contributed by atoms with Crippen molar-refractivity contribution in [1.82, 2.24) is 5.32 Å². The molecule has 5 nitrogen and oxygen atoms in total. The second-order valence-electron chi connectivity index (χ2n) is 6.95. The van der Waals surface area contributed by atoms with E-state index in [1.807, 2.05) is 61.5 Å². The van der Waals surface area contributed by atoms with Gasteiger partial charge in [-0.1, -0.05) is 72.3 Å². The van der Waals surface area contributed by atoms with Gasteiger partial charge in [-0.3, -0.25) is 14.4 Å². The number of carbonyl (C=O) groups is 3. The largest absolute Gasteiger partial charge is 0.453 e. The summed E-state index contributed by atoms with van der Waals surface area (Å²) in [6.07, 6.45) is -0.757. The van der Waals surface area contributed by atoms with E-state index in [4.69, 9.17) is 4.74 Å². The third-order valence-electron chi connectivity index (χ3n) is 4.67. The number of fused-ring (bicyclic) bond motifs is 1. The van der Waals surface area contributed by atoms with E-state index in [-0.39, 0.29) is 24.7 Å². The minimum atomic E-state index is -0.917. The number of ether oxygens (including phenoxy) is 1. The maximum absolute atomic E-state index is 12.3. The fourth-order valence-electron chi connectivity index (χ4n) is 3.10. The Morgan fingerprint density at radius 1 is 0.931 bits per heavy atom. The Hall–Kier alpha value is -3.47. The molecule has 0 spiro atoms. The van der Waals surface area contributed by atoms with Crippen molar-refractivity contribution >= 4 is 28.4 Å². The number of Topliss-reactive ketones (excluding diaryl/α,β-unsaturated/α-hetero) is 1. The van der Waals surface area contributed by atoms with Gasteiger partial charge in [-0.05, 0) is 30.2 Å². The molecule has 0 radical (unpaired) electrons. The van der Waals surface area contributed by atoms with Crippen molar-refractivity contribution in [3.63, 3.8) is 0 Å². The average Bonchev–Trinajstić information content (AvgIpc) is 2.72. The predicted molar refractivity (Wildman–Crippen MR) is 112 cm³/mol. The first-order valence-corrected chi connectivity index (χ1v) is 9.48. The van der Waals surface area contributed by atoms with Crippen molar-refractivity contribution in [3.05, 3.63) is 83.4 Å². The van der Waals surface area contributed by atoms with Gasteiger partial charge in [-0.25, -0.2) is 0 Å². The van der Waals surface area contributed by atoms with E-state index in [1.54, 1.807) is 12.1 Å². The summed E-state index contributed by atoms with van der Waals surface area (Å²) < 4.78 is 5.16. The van der Waals surface area contributed by atoms with Gasteiger partial charge in [-0.15, -0.1) is 0 Å². The summed E-state index contributed by atoms with van der Waals surface area (Å²) >= 11 is 0. The number of aryl methyl sites for hydroxylation is 1. The molecule has 3 rings (SSSR count). The summed E-state index contributed by atoms with van der Waals surface area (Å²) in [4.78, 5) is 36.6. The van der Waals surface area contributed by atoms with Crippen LogP contribution in [0.15, 0.2) is 66.7 Å². The highest BCUT2D eigenvalue weighted by atomic mass is 16.5. The number of rotatable bonds is 7. The van der Waals surface area contributed by atoms with E-state index < -0.39 is 12.1 Å². The van der Waals surface area contributed by atoms with Gasteiger partial charge in [0.15, 0.2) is 6.10 Å². The summed E-state index contributed by atoms with van der Waals surface area (Å²) in [5, 5.41) is 4.62. The van der Waals surface area contributed by atoms with Crippen LogP contribution in [0, 0.1) is 6.92 Å². The number of hydrogen-bond donors (Lipinski definition) is 1. The summed E-state index contributed by atoms with van der Waals surface area (Å²) in [6, 6.07) is 20.7. The number of ketones is 1. The molecule has 148 valence electrons. The summed E-state index contributed by atoms with van der Waals surface area (Å²) in [6.45, 7) is 3.17. The molecule has 3 aromatic carbocycles. The third kappa shape index (κ3) is 5.29. The van der Waals surface area contributed by atoms with E-state index in [1.165, 1.54) is 6.92 Å². The zero-order valence-corrected chi connectivity index (χ0v) is 16.5. The highest BCUT2D eigenvalue weighted by Gasteiger charge is 2.19. The predicted octanol–water partition coefficient (Wildman–Crippen LogP) is 3.62. The Kier molecular flexibility index (Phi) is 6.39. The van der Waals surface area contributed by atoms with Crippen LogP contribution in [0.1, 0.15) is 28.4 Å². The van der Waals surface area contributed by atoms with Gasteiger partial charge < -0.3 is 10.1 Å². The topological polar surface area (TPSA) is 72.5 Å². The maximum Gasteiger partial charge on any atom is 0.326 e. The Bertz CT molecular complexity index is 1030. The lowest BCUT2D eigenvalue weighted by molar-refractivity contribution is -0.146. The van der Waals surface area contributed by atoms with E-state index in [0.717, 1.165) is 21.9 Å².